The van der Waals surface area contributed by atoms with Crippen molar-refractivity contribution in [3.05, 3.63) is 53.2 Å². The fourth-order valence-electron chi connectivity index (χ4n) is 1.39. The Morgan fingerprint density at radius 1 is 1.21 bits per heavy atom. The van der Waals surface area contributed by atoms with Crippen LogP contribution >= 0.6 is 0 Å². The minimum atomic E-state index is -0.719. The lowest BCUT2D eigenvalue weighted by molar-refractivity contribution is 0.0944. The topological polar surface area (TPSA) is 80.9 Å². The van der Waals surface area contributed by atoms with Crippen LogP contribution in [0.1, 0.15) is 16.1 Å². The zero-order chi connectivity index (χ0) is 13.8. The fraction of sp³-hybridized carbons (Fsp3) is 0.0833. The van der Waals surface area contributed by atoms with Gasteiger partial charge in [0.15, 0.2) is 5.69 Å². The number of nitrogens with zero attached hydrogens (tertiary/aromatic N) is 2. The van der Waals surface area contributed by atoms with E-state index in [2.05, 4.69) is 15.5 Å². The number of hydrogen-bond donors (Lipinski definition) is 2. The van der Waals surface area contributed by atoms with E-state index in [1.807, 2.05) is 0 Å². The van der Waals surface area contributed by atoms with E-state index in [1.165, 1.54) is 18.2 Å². The average molecular weight is 264 g/mol. The Labute approximate surface area is 107 Å². The van der Waals surface area contributed by atoms with Crippen LogP contribution in [0.4, 0.5) is 14.6 Å². The summed E-state index contributed by atoms with van der Waals surface area (Å²) in [6.07, 6.45) is 0. The van der Waals surface area contributed by atoms with Crippen molar-refractivity contribution in [1.29, 1.82) is 0 Å². The van der Waals surface area contributed by atoms with Gasteiger partial charge in [0.05, 0.1) is 0 Å². The van der Waals surface area contributed by atoms with Crippen LogP contribution in [0.15, 0.2) is 30.3 Å². The molecule has 2 rings (SSSR count). The summed E-state index contributed by atoms with van der Waals surface area (Å²) in [5, 5.41) is 9.56. The first-order chi connectivity index (χ1) is 9.06. The van der Waals surface area contributed by atoms with E-state index in [-0.39, 0.29) is 23.6 Å². The van der Waals surface area contributed by atoms with Crippen molar-refractivity contribution in [2.24, 2.45) is 0 Å². The lowest BCUT2D eigenvalue weighted by Gasteiger charge is -2.05. The third kappa shape index (κ3) is 3.21. The summed E-state index contributed by atoms with van der Waals surface area (Å²) >= 11 is 0. The highest BCUT2D eigenvalue weighted by Crippen LogP contribution is 2.09. The molecule has 98 valence electrons. The molecular weight excluding hydrogens is 254 g/mol. The Bertz CT molecular complexity index is 601. The number of nitrogens with two attached hydrogens (primary N) is 1. The van der Waals surface area contributed by atoms with Crippen LogP contribution < -0.4 is 11.1 Å². The molecule has 3 N–H and O–H groups in total. The second-order valence-electron chi connectivity index (χ2n) is 3.76. The highest BCUT2D eigenvalue weighted by Gasteiger charge is 2.09. The standard InChI is InChI=1S/C12H10F2N4O/c13-8-2-1-7(9(14)5-8)6-16-12(19)10-3-4-11(15)18-17-10/h1-5H,6H2,(H2,15,18)(H,16,19). The van der Waals surface area contributed by atoms with Crippen molar-refractivity contribution in [2.75, 3.05) is 5.73 Å². The Morgan fingerprint density at radius 3 is 2.63 bits per heavy atom. The number of carbonyl (C=O) groups is 1. The van der Waals surface area contributed by atoms with Gasteiger partial charge >= 0.3 is 0 Å². The smallest absolute Gasteiger partial charge is 0.272 e. The Morgan fingerprint density at radius 2 is 2.00 bits per heavy atom. The summed E-state index contributed by atoms with van der Waals surface area (Å²) in [5.41, 5.74) is 5.58. The van der Waals surface area contributed by atoms with Gasteiger partial charge in [-0.1, -0.05) is 6.07 Å². The van der Waals surface area contributed by atoms with Crippen molar-refractivity contribution < 1.29 is 13.6 Å². The molecule has 0 fully saturated rings. The average Bonchev–Trinajstić information content (AvgIpc) is 2.38. The van der Waals surface area contributed by atoms with Crippen molar-refractivity contribution in [1.82, 2.24) is 15.5 Å². The van der Waals surface area contributed by atoms with Gasteiger partial charge in [-0.25, -0.2) is 8.78 Å². The van der Waals surface area contributed by atoms with E-state index < -0.39 is 17.5 Å². The molecule has 1 aromatic carbocycles. The van der Waals surface area contributed by atoms with Gasteiger partial charge in [0.1, 0.15) is 17.5 Å². The Hall–Kier alpha value is -2.57. The first-order valence-electron chi connectivity index (χ1n) is 5.37. The van der Waals surface area contributed by atoms with E-state index in [0.29, 0.717) is 0 Å². The molecule has 0 radical (unpaired) electrons. The maximum Gasteiger partial charge on any atom is 0.272 e. The maximum atomic E-state index is 13.3. The molecule has 0 saturated carbocycles. The quantitative estimate of drug-likeness (QED) is 0.874. The van der Waals surface area contributed by atoms with Crippen molar-refractivity contribution >= 4 is 11.7 Å². The number of carbonyl (C=O) groups excluding carboxylic acids is 1. The summed E-state index contributed by atoms with van der Waals surface area (Å²) in [4.78, 5) is 11.7. The van der Waals surface area contributed by atoms with Gasteiger partial charge in [-0.05, 0) is 18.2 Å². The van der Waals surface area contributed by atoms with Crippen LogP contribution in [0.25, 0.3) is 0 Å². The van der Waals surface area contributed by atoms with E-state index in [4.69, 9.17) is 5.73 Å². The number of amides is 1. The molecule has 1 amide bonds. The van der Waals surface area contributed by atoms with E-state index in [0.717, 1.165) is 12.1 Å². The second kappa shape index (κ2) is 5.38. The molecule has 19 heavy (non-hydrogen) atoms. The van der Waals surface area contributed by atoms with Gasteiger partial charge in [-0.15, -0.1) is 10.2 Å². The van der Waals surface area contributed by atoms with Gasteiger partial charge in [0.2, 0.25) is 0 Å². The van der Waals surface area contributed by atoms with Gasteiger partial charge in [-0.2, -0.15) is 0 Å². The molecular formula is C12H10F2N4O. The Balaban J connectivity index is 2.02. The fourth-order valence-corrected chi connectivity index (χ4v) is 1.39. The number of nitrogen functional groups attached to an aromatic ring is 1. The van der Waals surface area contributed by atoms with Crippen LogP contribution in [0.2, 0.25) is 0 Å². The number of hydrogen-bond acceptors (Lipinski definition) is 4. The van der Waals surface area contributed by atoms with Crippen LogP contribution in [0.5, 0.6) is 0 Å². The molecule has 0 aliphatic rings. The lowest BCUT2D eigenvalue weighted by atomic mass is 10.2. The third-order valence-electron chi connectivity index (χ3n) is 2.37. The number of aromatic nitrogens is 2. The molecule has 0 unspecified atom stereocenters. The van der Waals surface area contributed by atoms with Crippen LogP contribution in [0.3, 0.4) is 0 Å². The largest absolute Gasteiger partial charge is 0.382 e. The number of halogens is 2. The predicted molar refractivity (Wildman–Crippen MR) is 64.0 cm³/mol. The molecule has 2 aromatic rings. The maximum absolute atomic E-state index is 13.3. The highest BCUT2D eigenvalue weighted by atomic mass is 19.1. The summed E-state index contributed by atoms with van der Waals surface area (Å²) in [6, 6.07) is 5.97. The van der Waals surface area contributed by atoms with Gasteiger partial charge in [0, 0.05) is 18.2 Å². The van der Waals surface area contributed by atoms with Crippen molar-refractivity contribution in [2.45, 2.75) is 6.54 Å². The van der Waals surface area contributed by atoms with E-state index in [1.54, 1.807) is 0 Å². The Kier molecular flexibility index (Phi) is 3.65. The van der Waals surface area contributed by atoms with Crippen LogP contribution in [-0.4, -0.2) is 16.1 Å². The summed E-state index contributed by atoms with van der Waals surface area (Å²) in [7, 11) is 0. The normalized spacial score (nSPS) is 10.2. The summed E-state index contributed by atoms with van der Waals surface area (Å²) in [5.74, 6) is -1.71. The number of nitrogens with one attached hydrogen (secondary N) is 1. The molecule has 0 saturated heterocycles. The molecule has 0 aliphatic heterocycles. The SMILES string of the molecule is Nc1ccc(C(=O)NCc2ccc(F)cc2F)nn1. The van der Waals surface area contributed by atoms with Crippen molar-refractivity contribution in [3.8, 4) is 0 Å². The van der Waals surface area contributed by atoms with Crippen LogP contribution in [-0.2, 0) is 6.54 Å². The third-order valence-corrected chi connectivity index (χ3v) is 2.37. The monoisotopic (exact) mass is 264 g/mol. The molecule has 5 nitrogen and oxygen atoms in total. The van der Waals surface area contributed by atoms with Crippen LogP contribution in [0, 0.1) is 11.6 Å². The number of benzene rings is 1. The minimum Gasteiger partial charge on any atom is -0.382 e. The predicted octanol–water partition coefficient (Wildman–Crippen LogP) is 1.27. The summed E-state index contributed by atoms with van der Waals surface area (Å²) in [6.45, 7) is -0.0724. The zero-order valence-corrected chi connectivity index (χ0v) is 9.73. The van der Waals surface area contributed by atoms with Gasteiger partial charge in [-0.3, -0.25) is 4.79 Å². The molecule has 0 spiro atoms. The molecule has 0 atom stereocenters. The van der Waals surface area contributed by atoms with E-state index in [9.17, 15) is 13.6 Å². The minimum absolute atomic E-state index is 0.0664. The van der Waals surface area contributed by atoms with Gasteiger partial charge < -0.3 is 11.1 Å². The lowest BCUT2D eigenvalue weighted by Crippen LogP contribution is -2.24. The molecule has 0 aliphatic carbocycles. The molecule has 7 heteroatoms. The first-order valence-corrected chi connectivity index (χ1v) is 5.37. The number of anilines is 1. The number of rotatable bonds is 3. The second-order valence-corrected chi connectivity index (χ2v) is 3.76. The summed E-state index contributed by atoms with van der Waals surface area (Å²) < 4.78 is 26.0. The van der Waals surface area contributed by atoms with E-state index >= 15 is 0 Å². The first kappa shape index (κ1) is 12.9. The molecule has 1 aromatic heterocycles. The zero-order valence-electron chi connectivity index (χ0n) is 9.73. The van der Waals surface area contributed by atoms with Gasteiger partial charge in [0.25, 0.3) is 5.91 Å². The van der Waals surface area contributed by atoms with Crippen molar-refractivity contribution in [3.63, 3.8) is 0 Å². The molecule has 1 heterocycles. The molecule has 0 bridgehead atoms. The highest BCUT2D eigenvalue weighted by molar-refractivity contribution is 5.92.